The quantitative estimate of drug-likeness (QED) is 0.803. The maximum absolute atomic E-state index is 3.46. The first kappa shape index (κ1) is 13.3. The van der Waals surface area contributed by atoms with E-state index in [1.54, 1.807) is 0 Å². The van der Waals surface area contributed by atoms with E-state index in [1.807, 2.05) is 0 Å². The molecule has 0 bridgehead atoms. The molecular formula is C14H29N3. The van der Waals surface area contributed by atoms with E-state index in [2.05, 4.69) is 35.9 Å². The van der Waals surface area contributed by atoms with Gasteiger partial charge < -0.3 is 10.2 Å². The molecule has 0 amide bonds. The Morgan fingerprint density at radius 2 is 1.65 bits per heavy atom. The van der Waals surface area contributed by atoms with Crippen molar-refractivity contribution in [3.05, 3.63) is 0 Å². The fourth-order valence-corrected chi connectivity index (χ4v) is 3.45. The van der Waals surface area contributed by atoms with Gasteiger partial charge in [0.1, 0.15) is 0 Å². The van der Waals surface area contributed by atoms with E-state index in [4.69, 9.17) is 0 Å². The van der Waals surface area contributed by atoms with Crippen LogP contribution in [0.15, 0.2) is 0 Å². The van der Waals surface area contributed by atoms with Gasteiger partial charge in [-0.2, -0.15) is 0 Å². The second-order valence-electron chi connectivity index (χ2n) is 5.94. The summed E-state index contributed by atoms with van der Waals surface area (Å²) in [6.45, 7) is 14.6. The van der Waals surface area contributed by atoms with Gasteiger partial charge in [-0.05, 0) is 52.2 Å². The first-order valence-electron chi connectivity index (χ1n) is 7.39. The van der Waals surface area contributed by atoms with Crippen molar-refractivity contribution in [1.29, 1.82) is 0 Å². The molecule has 0 radical (unpaired) electrons. The van der Waals surface area contributed by atoms with Crippen LogP contribution in [0, 0.1) is 5.92 Å². The molecule has 0 saturated carbocycles. The zero-order valence-electron chi connectivity index (χ0n) is 11.8. The van der Waals surface area contributed by atoms with E-state index in [1.165, 1.54) is 52.1 Å². The van der Waals surface area contributed by atoms with E-state index >= 15 is 0 Å². The zero-order chi connectivity index (χ0) is 12.3. The third-order valence-electron chi connectivity index (χ3n) is 4.55. The first-order chi connectivity index (χ1) is 8.20. The van der Waals surface area contributed by atoms with Gasteiger partial charge in [0.25, 0.3) is 0 Å². The average Bonchev–Trinajstić information content (AvgIpc) is 2.35. The Kier molecular flexibility index (Phi) is 4.83. The smallest absolute Gasteiger partial charge is 0.0198 e. The highest BCUT2D eigenvalue weighted by Crippen LogP contribution is 2.21. The molecule has 3 nitrogen and oxygen atoms in total. The number of nitrogens with zero attached hydrogens (tertiary/aromatic N) is 2. The highest BCUT2D eigenvalue weighted by atomic mass is 15.3. The lowest BCUT2D eigenvalue weighted by molar-refractivity contribution is 0.0263. The Labute approximate surface area is 107 Å². The fourth-order valence-electron chi connectivity index (χ4n) is 3.45. The molecular weight excluding hydrogens is 210 g/mol. The molecule has 2 fully saturated rings. The van der Waals surface area contributed by atoms with Crippen LogP contribution in [0.25, 0.3) is 0 Å². The van der Waals surface area contributed by atoms with Gasteiger partial charge in [0.2, 0.25) is 0 Å². The summed E-state index contributed by atoms with van der Waals surface area (Å²) in [5, 5.41) is 3.46. The Bertz CT molecular complexity index is 214. The van der Waals surface area contributed by atoms with Crippen LogP contribution in [-0.4, -0.2) is 61.2 Å². The van der Waals surface area contributed by atoms with Gasteiger partial charge in [0.05, 0.1) is 0 Å². The zero-order valence-corrected chi connectivity index (χ0v) is 11.8. The molecule has 2 heterocycles. The van der Waals surface area contributed by atoms with E-state index < -0.39 is 0 Å². The molecule has 2 aliphatic rings. The Hall–Kier alpha value is -0.120. The van der Waals surface area contributed by atoms with Gasteiger partial charge in [0.15, 0.2) is 0 Å². The summed E-state index contributed by atoms with van der Waals surface area (Å²) in [6, 6.07) is 1.46. The first-order valence-corrected chi connectivity index (χ1v) is 7.39. The molecule has 0 aromatic rings. The van der Waals surface area contributed by atoms with Crippen molar-refractivity contribution in [2.24, 2.45) is 5.92 Å². The monoisotopic (exact) mass is 239 g/mol. The third kappa shape index (κ3) is 3.43. The highest BCUT2D eigenvalue weighted by Gasteiger charge is 2.30. The summed E-state index contributed by atoms with van der Waals surface area (Å²) in [5.74, 6) is 0.925. The number of hydrogen-bond acceptors (Lipinski definition) is 3. The molecule has 0 aromatic carbocycles. The van der Waals surface area contributed by atoms with Crippen LogP contribution in [0.5, 0.6) is 0 Å². The van der Waals surface area contributed by atoms with E-state index in [-0.39, 0.29) is 0 Å². The predicted octanol–water partition coefficient (Wildman–Crippen LogP) is 1.40. The fraction of sp³-hybridized carbons (Fsp3) is 1.00. The van der Waals surface area contributed by atoms with Crippen LogP contribution >= 0.6 is 0 Å². The van der Waals surface area contributed by atoms with Crippen LogP contribution in [-0.2, 0) is 0 Å². The van der Waals surface area contributed by atoms with E-state index in [0.717, 1.165) is 18.0 Å². The number of nitrogens with one attached hydrogen (secondary N) is 1. The molecule has 1 N–H and O–H groups in total. The molecule has 3 heteroatoms. The highest BCUT2D eigenvalue weighted by molar-refractivity contribution is 4.86. The molecule has 2 rings (SSSR count). The lowest BCUT2D eigenvalue weighted by Crippen LogP contribution is -2.57. The summed E-state index contributed by atoms with van der Waals surface area (Å²) in [7, 11) is 0. The Morgan fingerprint density at radius 1 is 1.06 bits per heavy atom. The van der Waals surface area contributed by atoms with Gasteiger partial charge in [-0.15, -0.1) is 0 Å². The Morgan fingerprint density at radius 3 is 2.18 bits per heavy atom. The summed E-state index contributed by atoms with van der Waals surface area (Å²) in [5.41, 5.74) is 0. The van der Waals surface area contributed by atoms with Crippen LogP contribution in [0.3, 0.4) is 0 Å². The van der Waals surface area contributed by atoms with Crippen molar-refractivity contribution < 1.29 is 0 Å². The van der Waals surface area contributed by atoms with Gasteiger partial charge in [-0.25, -0.2) is 0 Å². The minimum absolute atomic E-state index is 0.730. The van der Waals surface area contributed by atoms with Gasteiger partial charge in [-0.1, -0.05) is 6.92 Å². The molecule has 2 atom stereocenters. The maximum atomic E-state index is 3.46. The molecule has 17 heavy (non-hydrogen) atoms. The van der Waals surface area contributed by atoms with Crippen molar-refractivity contribution >= 4 is 0 Å². The predicted molar refractivity (Wildman–Crippen MR) is 73.3 cm³/mol. The van der Waals surface area contributed by atoms with E-state index in [9.17, 15) is 0 Å². The topological polar surface area (TPSA) is 18.5 Å². The standard InChI is InChI=1S/C14H29N3/c1-4-16-9-12(2)17(13(3)10-16)11-14-5-7-15-8-6-14/h12-15H,4-11H2,1-3H3/t12-,13+. The molecule has 0 aliphatic carbocycles. The molecule has 0 unspecified atom stereocenters. The number of piperazine rings is 1. The van der Waals surface area contributed by atoms with Crippen LogP contribution in [0.2, 0.25) is 0 Å². The number of likely N-dealkylation sites (N-methyl/N-ethyl adjacent to an activating group) is 1. The van der Waals surface area contributed by atoms with Crippen LogP contribution < -0.4 is 5.32 Å². The number of rotatable bonds is 3. The van der Waals surface area contributed by atoms with Crippen molar-refractivity contribution in [2.75, 3.05) is 39.3 Å². The lowest BCUT2D eigenvalue weighted by Gasteiger charge is -2.46. The molecule has 100 valence electrons. The minimum atomic E-state index is 0.730. The minimum Gasteiger partial charge on any atom is -0.317 e. The molecule has 2 saturated heterocycles. The van der Waals surface area contributed by atoms with E-state index in [0.29, 0.717) is 0 Å². The SMILES string of the molecule is CCN1C[C@@H](C)N(CC2CCNCC2)[C@@H](C)C1. The van der Waals surface area contributed by atoms with Crippen molar-refractivity contribution in [3.8, 4) is 0 Å². The summed E-state index contributed by atoms with van der Waals surface area (Å²) < 4.78 is 0. The maximum Gasteiger partial charge on any atom is 0.0198 e. The van der Waals surface area contributed by atoms with Crippen molar-refractivity contribution in [1.82, 2.24) is 15.1 Å². The Balaban J connectivity index is 1.86. The summed E-state index contributed by atoms with van der Waals surface area (Å²) in [6.07, 6.45) is 2.74. The molecule has 0 aromatic heterocycles. The molecule has 2 aliphatic heterocycles. The second-order valence-corrected chi connectivity index (χ2v) is 5.94. The van der Waals surface area contributed by atoms with Crippen LogP contribution in [0.1, 0.15) is 33.6 Å². The van der Waals surface area contributed by atoms with Crippen molar-refractivity contribution in [3.63, 3.8) is 0 Å². The molecule has 0 spiro atoms. The second kappa shape index (κ2) is 6.17. The van der Waals surface area contributed by atoms with Gasteiger partial charge in [0, 0.05) is 31.7 Å². The summed E-state index contributed by atoms with van der Waals surface area (Å²) in [4.78, 5) is 5.34. The van der Waals surface area contributed by atoms with Gasteiger partial charge in [-0.3, -0.25) is 4.90 Å². The number of hydrogen-bond donors (Lipinski definition) is 1. The third-order valence-corrected chi connectivity index (χ3v) is 4.55. The normalized spacial score (nSPS) is 34.1. The summed E-state index contributed by atoms with van der Waals surface area (Å²) >= 11 is 0. The lowest BCUT2D eigenvalue weighted by atomic mass is 9.95. The number of piperidine rings is 1. The average molecular weight is 239 g/mol. The van der Waals surface area contributed by atoms with Crippen molar-refractivity contribution in [2.45, 2.75) is 45.7 Å². The van der Waals surface area contributed by atoms with Crippen LogP contribution in [0.4, 0.5) is 0 Å². The van der Waals surface area contributed by atoms with Gasteiger partial charge >= 0.3 is 0 Å². The largest absolute Gasteiger partial charge is 0.317 e.